The first kappa shape index (κ1) is 16.6. The van der Waals surface area contributed by atoms with Crippen LogP contribution in [0.2, 0.25) is 0 Å². The Balaban J connectivity index is -0.0000000720. The Bertz CT molecular complexity index is 21.0. The molecule has 0 aromatic rings. The zero-order chi connectivity index (χ0) is 6.99. The van der Waals surface area contributed by atoms with Crippen molar-refractivity contribution >= 4 is 0 Å². The molecule has 0 aliphatic rings. The molecule has 0 fully saturated rings. The summed E-state index contributed by atoms with van der Waals surface area (Å²) in [5, 5.41) is 0. The van der Waals surface area contributed by atoms with Crippen molar-refractivity contribution in [3.8, 4) is 0 Å². The Morgan fingerprint density at radius 1 is 1.00 bits per heavy atom. The van der Waals surface area contributed by atoms with Crippen molar-refractivity contribution in [3.63, 3.8) is 0 Å². The maximum atomic E-state index is 3.54. The Morgan fingerprint density at radius 3 is 1.11 bits per heavy atom. The monoisotopic (exact) mass is 202 g/mol. The first-order valence-electron chi connectivity index (χ1n) is 3.00. The average molecular weight is 202 g/mol. The van der Waals surface area contributed by atoms with Crippen LogP contribution in [-0.2, 0) is 32.7 Å². The first-order chi connectivity index (χ1) is 3.65. The SMILES string of the molecule is C[C-](C)C.[CH2-]CC[CH2-].[Y+3]. The second-order valence-electron chi connectivity index (χ2n) is 2.21. The van der Waals surface area contributed by atoms with E-state index in [-0.39, 0.29) is 32.7 Å². The van der Waals surface area contributed by atoms with Gasteiger partial charge in [-0.25, -0.2) is 12.8 Å². The molecule has 0 nitrogen and oxygen atoms in total. The zero-order valence-corrected chi connectivity index (χ0v) is 9.74. The van der Waals surface area contributed by atoms with Crippen LogP contribution >= 0.6 is 0 Å². The van der Waals surface area contributed by atoms with Gasteiger partial charge in [-0.1, -0.05) is 0 Å². The van der Waals surface area contributed by atoms with Gasteiger partial charge in [0, 0.05) is 0 Å². The third-order valence-electron chi connectivity index (χ3n) is 0.250. The van der Waals surface area contributed by atoms with Gasteiger partial charge in [0.2, 0.25) is 0 Å². The van der Waals surface area contributed by atoms with E-state index in [1.807, 2.05) is 0 Å². The topological polar surface area (TPSA) is 0 Å². The number of unbranched alkanes of at least 4 members (excludes halogenated alkanes) is 1. The molecule has 0 radical (unpaired) electrons. The molecule has 0 N–H and O–H groups in total. The molecule has 0 atom stereocenters. The summed E-state index contributed by atoms with van der Waals surface area (Å²) in [6.45, 7) is 13.3. The predicted octanol–water partition coefficient (Wildman–Crippen LogP) is 3.05. The molecule has 0 aromatic heterocycles. The van der Waals surface area contributed by atoms with Crippen molar-refractivity contribution in [2.45, 2.75) is 33.6 Å². The van der Waals surface area contributed by atoms with Gasteiger partial charge in [0.1, 0.15) is 0 Å². The van der Waals surface area contributed by atoms with Crippen molar-refractivity contribution in [2.24, 2.45) is 0 Å². The fourth-order valence-corrected chi connectivity index (χ4v) is 0. The van der Waals surface area contributed by atoms with Gasteiger partial charge in [-0.2, -0.15) is 20.8 Å². The van der Waals surface area contributed by atoms with Gasteiger partial charge in [0.05, 0.1) is 0 Å². The third kappa shape index (κ3) is 104. The number of rotatable bonds is 1. The van der Waals surface area contributed by atoms with Crippen LogP contribution in [0.5, 0.6) is 0 Å². The molecule has 0 rings (SSSR count). The fraction of sp³-hybridized carbons (Fsp3) is 0.625. The van der Waals surface area contributed by atoms with Gasteiger partial charge in [-0.15, -0.1) is 0 Å². The van der Waals surface area contributed by atoms with Crippen LogP contribution in [-0.4, -0.2) is 0 Å². The molecule has 0 unspecified atom stereocenters. The fourth-order valence-electron chi connectivity index (χ4n) is 0. The number of hydrogen-bond acceptors (Lipinski definition) is 0. The summed E-state index contributed by atoms with van der Waals surface area (Å²) in [7, 11) is 0. The third-order valence-corrected chi connectivity index (χ3v) is 0.250. The predicted molar refractivity (Wildman–Crippen MR) is 40.2 cm³/mol. The first-order valence-corrected chi connectivity index (χ1v) is 3.00. The van der Waals surface area contributed by atoms with Crippen LogP contribution in [0.25, 0.3) is 0 Å². The molecular formula is C8H17Y. The van der Waals surface area contributed by atoms with Crippen LogP contribution < -0.4 is 0 Å². The van der Waals surface area contributed by atoms with E-state index in [9.17, 15) is 0 Å². The molecule has 0 heterocycles. The molecule has 52 valence electrons. The summed E-state index contributed by atoms with van der Waals surface area (Å²) in [4.78, 5) is 0. The van der Waals surface area contributed by atoms with Gasteiger partial charge in [-0.05, 0) is 0 Å². The van der Waals surface area contributed by atoms with Gasteiger partial charge in [0.25, 0.3) is 0 Å². The molecule has 0 saturated heterocycles. The van der Waals surface area contributed by atoms with E-state index in [0.29, 0.717) is 0 Å². The van der Waals surface area contributed by atoms with Crippen molar-refractivity contribution < 1.29 is 32.7 Å². The van der Waals surface area contributed by atoms with E-state index in [4.69, 9.17) is 0 Å². The summed E-state index contributed by atoms with van der Waals surface area (Å²) < 4.78 is 0. The molecule has 0 saturated carbocycles. The molecule has 0 spiro atoms. The van der Waals surface area contributed by atoms with Crippen LogP contribution in [0.4, 0.5) is 0 Å². The van der Waals surface area contributed by atoms with E-state index in [2.05, 4.69) is 34.6 Å². The Morgan fingerprint density at radius 2 is 1.11 bits per heavy atom. The summed E-state index contributed by atoms with van der Waals surface area (Å²) in [6, 6.07) is 0. The average Bonchev–Trinajstić information content (AvgIpc) is 1.65. The molecule has 0 aromatic carbocycles. The van der Waals surface area contributed by atoms with Gasteiger partial charge < -0.3 is 19.8 Å². The smallest absolute Gasteiger partial charge is 0.346 e. The van der Waals surface area contributed by atoms with E-state index in [1.165, 1.54) is 5.92 Å². The van der Waals surface area contributed by atoms with E-state index >= 15 is 0 Å². The molecule has 1 heteroatoms. The normalized spacial score (nSPS) is 7.33. The minimum absolute atomic E-state index is 0. The minimum Gasteiger partial charge on any atom is -0.346 e. The molecule has 9 heavy (non-hydrogen) atoms. The molecule has 0 bridgehead atoms. The second-order valence-corrected chi connectivity index (χ2v) is 2.21. The second kappa shape index (κ2) is 16.0. The van der Waals surface area contributed by atoms with Crippen molar-refractivity contribution in [1.82, 2.24) is 0 Å². The van der Waals surface area contributed by atoms with Crippen molar-refractivity contribution in [1.29, 1.82) is 0 Å². The van der Waals surface area contributed by atoms with Crippen LogP contribution in [0.3, 0.4) is 0 Å². The van der Waals surface area contributed by atoms with Gasteiger partial charge in [-0.3, -0.25) is 0 Å². The van der Waals surface area contributed by atoms with E-state index < -0.39 is 0 Å². The molecule has 0 aliphatic heterocycles. The van der Waals surface area contributed by atoms with E-state index in [1.54, 1.807) is 0 Å². The zero-order valence-electron chi connectivity index (χ0n) is 6.91. The van der Waals surface area contributed by atoms with E-state index in [0.717, 1.165) is 12.8 Å². The maximum absolute atomic E-state index is 3.54. The standard InChI is InChI=1S/C4H9.C4H8.Y/c1-4(2)3;1-3-4-2;/h1-3H3;1-4H2;/q-1;-2;+3. The summed E-state index contributed by atoms with van der Waals surface area (Å²) in [5.74, 6) is 1.42. The van der Waals surface area contributed by atoms with Crippen LogP contribution in [0.15, 0.2) is 0 Å². The summed E-state index contributed by atoms with van der Waals surface area (Å²) >= 11 is 0. The summed E-state index contributed by atoms with van der Waals surface area (Å²) in [6.07, 6.45) is 1.92. The number of hydrogen-bond donors (Lipinski definition) is 0. The summed E-state index contributed by atoms with van der Waals surface area (Å²) in [5.41, 5.74) is 0. The van der Waals surface area contributed by atoms with Crippen molar-refractivity contribution in [3.05, 3.63) is 19.8 Å². The quantitative estimate of drug-likeness (QED) is 0.573. The largest absolute Gasteiger partial charge is 3.00 e. The molecular weight excluding hydrogens is 185 g/mol. The Hall–Kier alpha value is 1.10. The molecule has 0 aliphatic carbocycles. The van der Waals surface area contributed by atoms with Gasteiger partial charge in [0.15, 0.2) is 0 Å². The Kier molecular flexibility index (Phi) is 29.6. The van der Waals surface area contributed by atoms with Gasteiger partial charge >= 0.3 is 32.7 Å². The Labute approximate surface area is 85.7 Å². The van der Waals surface area contributed by atoms with Crippen LogP contribution in [0.1, 0.15) is 33.6 Å². The van der Waals surface area contributed by atoms with Crippen molar-refractivity contribution in [2.75, 3.05) is 0 Å². The maximum Gasteiger partial charge on any atom is 3.00 e. The molecule has 0 amide bonds. The minimum atomic E-state index is 0. The van der Waals surface area contributed by atoms with Crippen LogP contribution in [0, 0.1) is 19.8 Å².